The molecule has 0 fully saturated rings. The molecule has 0 saturated heterocycles. The summed E-state index contributed by atoms with van der Waals surface area (Å²) in [6.45, 7) is 0.372. The molecule has 0 spiro atoms. The van der Waals surface area contributed by atoms with Gasteiger partial charge in [0.25, 0.3) is 0 Å². The van der Waals surface area contributed by atoms with Gasteiger partial charge in [0.05, 0.1) is 19.3 Å². The van der Waals surface area contributed by atoms with Crippen LogP contribution in [-0.4, -0.2) is 35.2 Å². The average Bonchev–Trinajstić information content (AvgIpc) is 2.78. The summed E-state index contributed by atoms with van der Waals surface area (Å²) >= 11 is 0. The fraction of sp³-hybridized carbons (Fsp3) is 0.160. The van der Waals surface area contributed by atoms with Crippen LogP contribution in [0.2, 0.25) is 0 Å². The Labute approximate surface area is 173 Å². The summed E-state index contributed by atoms with van der Waals surface area (Å²) in [6.07, 6.45) is -1.10. The van der Waals surface area contributed by atoms with E-state index in [1.54, 1.807) is 24.3 Å². The van der Waals surface area contributed by atoms with E-state index in [-0.39, 0.29) is 41.5 Å². The van der Waals surface area contributed by atoms with Gasteiger partial charge in [-0.1, -0.05) is 60.7 Å². The van der Waals surface area contributed by atoms with Gasteiger partial charge < -0.3 is 9.84 Å². The van der Waals surface area contributed by atoms with Crippen molar-refractivity contribution in [3.8, 4) is 0 Å². The number of hydrogen-bond acceptors (Lipinski definition) is 5. The molecule has 0 saturated carbocycles. The summed E-state index contributed by atoms with van der Waals surface area (Å²) in [7, 11) is 0. The zero-order valence-corrected chi connectivity index (χ0v) is 16.2. The Hall–Kier alpha value is -3.41. The highest BCUT2D eigenvalue weighted by atomic mass is 16.5. The molecule has 5 nitrogen and oxygen atoms in total. The van der Waals surface area contributed by atoms with E-state index in [2.05, 4.69) is 0 Å². The zero-order chi connectivity index (χ0) is 21.1. The third-order valence-corrected chi connectivity index (χ3v) is 5.09. The van der Waals surface area contributed by atoms with Crippen LogP contribution >= 0.6 is 0 Å². The van der Waals surface area contributed by atoms with E-state index in [0.717, 1.165) is 5.56 Å². The van der Waals surface area contributed by atoms with Crippen molar-refractivity contribution in [3.05, 3.63) is 106 Å². The Morgan fingerprint density at radius 3 is 2.10 bits per heavy atom. The molecule has 30 heavy (non-hydrogen) atoms. The summed E-state index contributed by atoms with van der Waals surface area (Å²) in [5.41, 5.74) is 2.50. The maximum Gasteiger partial charge on any atom is 0.194 e. The number of ether oxygens (including phenoxy) is 1. The van der Waals surface area contributed by atoms with E-state index in [1.807, 2.05) is 30.3 Å². The van der Waals surface area contributed by atoms with Crippen LogP contribution in [0.15, 0.2) is 72.8 Å². The van der Waals surface area contributed by atoms with E-state index >= 15 is 0 Å². The Morgan fingerprint density at radius 2 is 1.40 bits per heavy atom. The van der Waals surface area contributed by atoms with Crippen LogP contribution < -0.4 is 0 Å². The van der Waals surface area contributed by atoms with Gasteiger partial charge >= 0.3 is 0 Å². The number of carbonyl (C=O) groups is 3. The number of aliphatic hydroxyl groups is 1. The summed E-state index contributed by atoms with van der Waals surface area (Å²) in [4.78, 5) is 38.0. The Balaban J connectivity index is 1.43. The van der Waals surface area contributed by atoms with E-state index in [1.165, 1.54) is 18.2 Å². The topological polar surface area (TPSA) is 80.7 Å². The lowest BCUT2D eigenvalue weighted by Gasteiger charge is -2.18. The maximum absolute atomic E-state index is 12.8. The molecule has 1 aliphatic rings. The van der Waals surface area contributed by atoms with Gasteiger partial charge in [-0.15, -0.1) is 0 Å². The quantitative estimate of drug-likeness (QED) is 0.479. The number of aliphatic hydroxyl groups excluding tert-OH is 1. The molecular formula is C25H20O5. The predicted octanol–water partition coefficient (Wildman–Crippen LogP) is 3.61. The van der Waals surface area contributed by atoms with E-state index < -0.39 is 6.10 Å². The first kappa shape index (κ1) is 19.9. The van der Waals surface area contributed by atoms with Crippen LogP contribution in [-0.2, 0) is 11.3 Å². The smallest absolute Gasteiger partial charge is 0.194 e. The van der Waals surface area contributed by atoms with Gasteiger partial charge in [0.2, 0.25) is 0 Å². The highest BCUT2D eigenvalue weighted by molar-refractivity contribution is 6.28. The molecule has 0 heterocycles. The number of Topliss-reactive ketones (excluding diaryl/α,β-unsaturated/α-hetero) is 1. The summed E-state index contributed by atoms with van der Waals surface area (Å²) in [5, 5.41) is 10.2. The minimum atomic E-state index is -0.963. The Morgan fingerprint density at radius 1 is 0.800 bits per heavy atom. The van der Waals surface area contributed by atoms with Crippen LogP contribution in [0.4, 0.5) is 0 Å². The molecule has 0 amide bonds. The van der Waals surface area contributed by atoms with Crippen molar-refractivity contribution in [2.45, 2.75) is 19.1 Å². The van der Waals surface area contributed by atoms with Gasteiger partial charge in [-0.2, -0.15) is 0 Å². The van der Waals surface area contributed by atoms with Crippen molar-refractivity contribution >= 4 is 17.3 Å². The second-order valence-corrected chi connectivity index (χ2v) is 7.25. The highest BCUT2D eigenvalue weighted by Crippen LogP contribution is 2.28. The third-order valence-electron chi connectivity index (χ3n) is 5.09. The molecule has 4 rings (SSSR count). The van der Waals surface area contributed by atoms with Gasteiger partial charge in [-0.25, -0.2) is 0 Å². The van der Waals surface area contributed by atoms with Crippen LogP contribution in [0.5, 0.6) is 0 Å². The number of fused-ring (bicyclic) bond motifs is 2. The molecular weight excluding hydrogens is 380 g/mol. The van der Waals surface area contributed by atoms with Crippen molar-refractivity contribution in [3.63, 3.8) is 0 Å². The zero-order valence-electron chi connectivity index (χ0n) is 16.2. The van der Waals surface area contributed by atoms with E-state index in [9.17, 15) is 19.5 Å². The van der Waals surface area contributed by atoms with Crippen LogP contribution in [0.1, 0.15) is 54.2 Å². The lowest BCUT2D eigenvalue weighted by molar-refractivity contribution is 0.0247. The molecule has 0 aliphatic heterocycles. The highest BCUT2D eigenvalue weighted by Gasteiger charge is 2.30. The first-order chi connectivity index (χ1) is 14.5. The van der Waals surface area contributed by atoms with Crippen molar-refractivity contribution in [2.24, 2.45) is 0 Å². The summed E-state index contributed by atoms with van der Waals surface area (Å²) in [5.74, 6) is -0.817. The predicted molar refractivity (Wildman–Crippen MR) is 111 cm³/mol. The second kappa shape index (κ2) is 8.53. The molecule has 3 aromatic rings. The number of benzene rings is 3. The molecule has 0 aromatic heterocycles. The lowest BCUT2D eigenvalue weighted by atomic mass is 9.83. The Bertz CT molecular complexity index is 1120. The molecule has 5 heteroatoms. The van der Waals surface area contributed by atoms with Crippen molar-refractivity contribution in [2.75, 3.05) is 6.61 Å². The molecule has 0 bridgehead atoms. The van der Waals surface area contributed by atoms with Gasteiger partial charge in [0, 0.05) is 34.2 Å². The first-order valence-electron chi connectivity index (χ1n) is 9.70. The maximum atomic E-state index is 12.8. The Kier molecular flexibility index (Phi) is 5.65. The fourth-order valence-corrected chi connectivity index (χ4v) is 3.55. The van der Waals surface area contributed by atoms with Crippen molar-refractivity contribution in [1.29, 1.82) is 0 Å². The molecule has 3 aromatic carbocycles. The molecule has 1 unspecified atom stereocenters. The number of ketones is 3. The summed E-state index contributed by atoms with van der Waals surface area (Å²) in [6, 6.07) is 20.7. The van der Waals surface area contributed by atoms with Crippen LogP contribution in [0, 0.1) is 0 Å². The SMILES string of the molecule is O=C(CC(O)COCc1ccccc1)c1ccc2c(c1)C(=O)c1ccccc1C2=O. The number of carbonyl (C=O) groups excluding carboxylic acids is 3. The van der Waals surface area contributed by atoms with Gasteiger partial charge in [-0.05, 0) is 17.7 Å². The van der Waals surface area contributed by atoms with Gasteiger partial charge in [0.1, 0.15) is 0 Å². The van der Waals surface area contributed by atoms with Crippen molar-refractivity contribution < 1.29 is 24.2 Å². The molecule has 150 valence electrons. The van der Waals surface area contributed by atoms with Gasteiger partial charge in [-0.3, -0.25) is 14.4 Å². The summed E-state index contributed by atoms with van der Waals surface area (Å²) < 4.78 is 5.48. The number of rotatable bonds is 7. The lowest BCUT2D eigenvalue weighted by Crippen LogP contribution is -2.23. The van der Waals surface area contributed by atoms with E-state index in [0.29, 0.717) is 23.3 Å². The van der Waals surface area contributed by atoms with Gasteiger partial charge in [0.15, 0.2) is 17.3 Å². The van der Waals surface area contributed by atoms with Crippen molar-refractivity contribution in [1.82, 2.24) is 0 Å². The third kappa shape index (κ3) is 3.99. The van der Waals surface area contributed by atoms with E-state index in [4.69, 9.17) is 4.74 Å². The minimum Gasteiger partial charge on any atom is -0.390 e. The van der Waals surface area contributed by atoms with Crippen LogP contribution in [0.25, 0.3) is 0 Å². The molecule has 1 N–H and O–H groups in total. The fourth-order valence-electron chi connectivity index (χ4n) is 3.55. The number of hydrogen-bond donors (Lipinski definition) is 1. The minimum absolute atomic E-state index is 0.0242. The average molecular weight is 400 g/mol. The second-order valence-electron chi connectivity index (χ2n) is 7.25. The molecule has 1 aliphatic carbocycles. The largest absolute Gasteiger partial charge is 0.390 e. The normalized spacial score (nSPS) is 13.5. The molecule has 0 radical (unpaired) electrons. The van der Waals surface area contributed by atoms with Crippen LogP contribution in [0.3, 0.4) is 0 Å². The standard InChI is InChI=1S/C25H20O5/c26-18(15-30-14-16-6-2-1-3-7-16)13-23(27)17-10-11-21-22(12-17)25(29)20-9-5-4-8-19(20)24(21)28/h1-12,18,26H,13-15H2. The molecule has 1 atom stereocenters. The first-order valence-corrected chi connectivity index (χ1v) is 9.70. The monoisotopic (exact) mass is 400 g/mol.